The fourth-order valence-electron chi connectivity index (χ4n) is 4.64. The Morgan fingerprint density at radius 2 is 1.74 bits per heavy atom. The molecule has 0 bridgehead atoms. The minimum atomic E-state index is -3.90. The van der Waals surface area contributed by atoms with E-state index >= 15 is 0 Å². The van der Waals surface area contributed by atoms with Gasteiger partial charge in [0.1, 0.15) is 28.0 Å². The zero-order valence-corrected chi connectivity index (χ0v) is 21.8. The molecular formula is C26H25F2N5O4S. The van der Waals surface area contributed by atoms with Gasteiger partial charge in [0.2, 0.25) is 10.0 Å². The molecule has 1 aliphatic heterocycles. The van der Waals surface area contributed by atoms with Gasteiger partial charge in [0.05, 0.1) is 12.7 Å². The standard InChI is InChI=1S/C26H25F2N5O4S/c1-15-13-16(2)33-25(29-15)22(24(31-33)26(34)30-23-18(27)7-6-8-19(23)28)17-9-10-20(37-3)21(14-17)38(35,36)32-11-4-5-12-32/h6-10,13-14H,4-5,11-12H2,1-3H3,(H,30,34). The van der Waals surface area contributed by atoms with Crippen molar-refractivity contribution >= 4 is 27.3 Å². The van der Waals surface area contributed by atoms with Gasteiger partial charge in [-0.2, -0.15) is 9.40 Å². The quantitative estimate of drug-likeness (QED) is 0.389. The molecule has 0 spiro atoms. The summed E-state index contributed by atoms with van der Waals surface area (Å²) in [7, 11) is -2.52. The van der Waals surface area contributed by atoms with Gasteiger partial charge in [-0.05, 0) is 62.6 Å². The minimum absolute atomic E-state index is 0.0605. The third-order valence-electron chi connectivity index (χ3n) is 6.45. The Balaban J connectivity index is 1.72. The molecule has 5 rings (SSSR count). The second-order valence-corrected chi connectivity index (χ2v) is 10.9. The van der Waals surface area contributed by atoms with Crippen molar-refractivity contribution in [1.82, 2.24) is 18.9 Å². The summed E-state index contributed by atoms with van der Waals surface area (Å²) in [5, 5.41) is 6.67. The van der Waals surface area contributed by atoms with E-state index in [9.17, 15) is 22.0 Å². The van der Waals surface area contributed by atoms with Crippen molar-refractivity contribution in [2.45, 2.75) is 31.6 Å². The van der Waals surface area contributed by atoms with Crippen LogP contribution in [0.4, 0.5) is 14.5 Å². The number of carbonyl (C=O) groups excluding carboxylic acids is 1. The molecule has 0 saturated carbocycles. The van der Waals surface area contributed by atoms with Gasteiger partial charge in [-0.1, -0.05) is 12.1 Å². The van der Waals surface area contributed by atoms with Crippen LogP contribution in [-0.4, -0.2) is 53.4 Å². The largest absolute Gasteiger partial charge is 0.495 e. The molecule has 12 heteroatoms. The number of fused-ring (bicyclic) bond motifs is 1. The van der Waals surface area contributed by atoms with E-state index in [-0.39, 0.29) is 27.5 Å². The predicted octanol–water partition coefficient (Wildman–Crippen LogP) is 4.34. The first-order valence-corrected chi connectivity index (χ1v) is 13.4. The molecule has 3 heterocycles. The van der Waals surface area contributed by atoms with Crippen LogP contribution in [0.15, 0.2) is 47.4 Å². The molecule has 4 aromatic rings. The molecule has 0 unspecified atom stereocenters. The summed E-state index contributed by atoms with van der Waals surface area (Å²) in [6.07, 6.45) is 1.52. The first-order valence-electron chi connectivity index (χ1n) is 11.9. The number of sulfonamides is 1. The highest BCUT2D eigenvalue weighted by atomic mass is 32.2. The van der Waals surface area contributed by atoms with Gasteiger partial charge >= 0.3 is 0 Å². The van der Waals surface area contributed by atoms with Crippen molar-refractivity contribution in [2.75, 3.05) is 25.5 Å². The summed E-state index contributed by atoms with van der Waals surface area (Å²) < 4.78 is 63.8. The van der Waals surface area contributed by atoms with Crippen LogP contribution in [0.2, 0.25) is 0 Å². The second kappa shape index (κ2) is 9.76. The zero-order chi connectivity index (χ0) is 27.2. The Morgan fingerprint density at radius 1 is 1.05 bits per heavy atom. The number of methoxy groups -OCH3 is 1. The Morgan fingerprint density at radius 3 is 2.39 bits per heavy atom. The van der Waals surface area contributed by atoms with E-state index < -0.39 is 33.3 Å². The number of halogens is 2. The fourth-order valence-corrected chi connectivity index (χ4v) is 6.34. The number of amides is 1. The highest BCUT2D eigenvalue weighted by Gasteiger charge is 2.32. The summed E-state index contributed by atoms with van der Waals surface area (Å²) in [4.78, 5) is 17.9. The van der Waals surface area contributed by atoms with Gasteiger partial charge in [-0.15, -0.1) is 0 Å². The Kier molecular flexibility index (Phi) is 6.61. The van der Waals surface area contributed by atoms with E-state index in [1.807, 2.05) is 0 Å². The monoisotopic (exact) mass is 541 g/mol. The topological polar surface area (TPSA) is 106 Å². The van der Waals surface area contributed by atoms with E-state index in [1.54, 1.807) is 26.0 Å². The molecule has 38 heavy (non-hydrogen) atoms. The van der Waals surface area contributed by atoms with Gasteiger partial charge < -0.3 is 10.1 Å². The maximum Gasteiger partial charge on any atom is 0.277 e. The summed E-state index contributed by atoms with van der Waals surface area (Å²) in [5.74, 6) is -2.63. The lowest BCUT2D eigenvalue weighted by Crippen LogP contribution is -2.28. The number of carbonyl (C=O) groups is 1. The van der Waals surface area contributed by atoms with Crippen LogP contribution in [0.3, 0.4) is 0 Å². The van der Waals surface area contributed by atoms with Crippen molar-refractivity contribution in [3.8, 4) is 16.9 Å². The molecule has 0 atom stereocenters. The van der Waals surface area contributed by atoms with E-state index in [2.05, 4.69) is 15.4 Å². The number of para-hydroxylation sites is 1. The number of nitrogens with zero attached hydrogens (tertiary/aromatic N) is 4. The number of ether oxygens (including phenoxy) is 1. The van der Waals surface area contributed by atoms with Crippen molar-refractivity contribution in [2.24, 2.45) is 0 Å². The van der Waals surface area contributed by atoms with Crippen LogP contribution in [0, 0.1) is 25.5 Å². The van der Waals surface area contributed by atoms with E-state index in [1.165, 1.54) is 34.1 Å². The number of aryl methyl sites for hydroxylation is 2. The van der Waals surface area contributed by atoms with Gasteiger partial charge in [0, 0.05) is 24.5 Å². The molecular weight excluding hydrogens is 516 g/mol. The van der Waals surface area contributed by atoms with Crippen LogP contribution in [0.25, 0.3) is 16.8 Å². The minimum Gasteiger partial charge on any atom is -0.495 e. The summed E-state index contributed by atoms with van der Waals surface area (Å²) in [6.45, 7) is 4.34. The molecule has 0 aliphatic carbocycles. The number of rotatable bonds is 6. The normalized spacial score (nSPS) is 14.2. The third-order valence-corrected chi connectivity index (χ3v) is 8.37. The van der Waals surface area contributed by atoms with Gasteiger partial charge in [-0.3, -0.25) is 4.79 Å². The van der Waals surface area contributed by atoms with Gasteiger partial charge in [0.25, 0.3) is 5.91 Å². The first kappa shape index (κ1) is 25.7. The van der Waals surface area contributed by atoms with Crippen LogP contribution < -0.4 is 10.1 Å². The molecule has 1 saturated heterocycles. The van der Waals surface area contributed by atoms with Crippen LogP contribution >= 0.6 is 0 Å². The lowest BCUT2D eigenvalue weighted by atomic mass is 10.0. The first-order chi connectivity index (χ1) is 18.1. The molecule has 2 aromatic heterocycles. The van der Waals surface area contributed by atoms with E-state index in [0.717, 1.165) is 25.0 Å². The zero-order valence-electron chi connectivity index (χ0n) is 21.0. The average molecular weight is 542 g/mol. The smallest absolute Gasteiger partial charge is 0.277 e. The molecule has 1 N–H and O–H groups in total. The highest BCUT2D eigenvalue weighted by molar-refractivity contribution is 7.89. The second-order valence-electron chi connectivity index (χ2n) is 9.03. The Hall–Kier alpha value is -3.90. The van der Waals surface area contributed by atoms with E-state index in [0.29, 0.717) is 30.0 Å². The number of anilines is 1. The fraction of sp³-hybridized carbons (Fsp3) is 0.269. The lowest BCUT2D eigenvalue weighted by molar-refractivity contribution is 0.102. The van der Waals surface area contributed by atoms with Gasteiger partial charge in [-0.25, -0.2) is 26.7 Å². The number of hydrogen-bond acceptors (Lipinski definition) is 6. The molecule has 198 valence electrons. The predicted molar refractivity (Wildman–Crippen MR) is 137 cm³/mol. The highest BCUT2D eigenvalue weighted by Crippen LogP contribution is 2.36. The van der Waals surface area contributed by atoms with E-state index in [4.69, 9.17) is 4.74 Å². The maximum absolute atomic E-state index is 14.3. The molecule has 2 aromatic carbocycles. The molecule has 0 radical (unpaired) electrons. The van der Waals surface area contributed by atoms with Crippen molar-refractivity contribution in [3.05, 3.63) is 71.2 Å². The number of aromatic nitrogens is 3. The summed E-state index contributed by atoms with van der Waals surface area (Å²) in [5.41, 5.74) is 1.33. The molecule has 1 fully saturated rings. The average Bonchev–Trinajstić information content (AvgIpc) is 3.55. The Labute approximate surface area is 218 Å². The SMILES string of the molecule is COc1ccc(-c2c(C(=O)Nc3c(F)cccc3F)nn3c(C)cc(C)nc23)cc1S(=O)(=O)N1CCCC1. The summed E-state index contributed by atoms with van der Waals surface area (Å²) >= 11 is 0. The third kappa shape index (κ3) is 4.39. The summed E-state index contributed by atoms with van der Waals surface area (Å²) in [6, 6.07) is 9.52. The molecule has 9 nitrogen and oxygen atoms in total. The Bertz CT molecular complexity index is 1660. The number of hydrogen-bond donors (Lipinski definition) is 1. The van der Waals surface area contributed by atoms with Crippen LogP contribution in [-0.2, 0) is 10.0 Å². The molecule has 1 amide bonds. The van der Waals surface area contributed by atoms with Gasteiger partial charge in [0.15, 0.2) is 11.3 Å². The number of nitrogens with one attached hydrogen (secondary N) is 1. The van der Waals surface area contributed by atoms with Crippen LogP contribution in [0.1, 0.15) is 34.7 Å². The van der Waals surface area contributed by atoms with Crippen molar-refractivity contribution < 1.29 is 26.7 Å². The maximum atomic E-state index is 14.3. The molecule has 1 aliphatic rings. The van der Waals surface area contributed by atoms with Crippen LogP contribution in [0.5, 0.6) is 5.75 Å². The lowest BCUT2D eigenvalue weighted by Gasteiger charge is -2.18. The van der Waals surface area contributed by atoms with Crippen molar-refractivity contribution in [3.63, 3.8) is 0 Å². The number of benzene rings is 2. The van der Waals surface area contributed by atoms with Crippen molar-refractivity contribution in [1.29, 1.82) is 0 Å².